The molecule has 0 aliphatic carbocycles. The number of piperidine rings is 1. The van der Waals surface area contributed by atoms with Crippen molar-refractivity contribution in [2.75, 3.05) is 18.0 Å². The number of amides is 1. The second-order valence-corrected chi connectivity index (χ2v) is 12.6. The zero-order chi connectivity index (χ0) is 26.2. The predicted molar refractivity (Wildman–Crippen MR) is 147 cm³/mol. The number of fused-ring (bicyclic) bond motifs is 1. The van der Waals surface area contributed by atoms with Crippen LogP contribution in [-0.4, -0.2) is 41.7 Å². The van der Waals surface area contributed by atoms with E-state index in [-0.39, 0.29) is 11.8 Å². The van der Waals surface area contributed by atoms with Gasteiger partial charge >= 0.3 is 0 Å². The van der Waals surface area contributed by atoms with Gasteiger partial charge in [-0.15, -0.1) is 0 Å². The predicted octanol–water partition coefficient (Wildman–Crippen LogP) is 5.25. The Morgan fingerprint density at radius 2 is 1.76 bits per heavy atom. The number of sulfonamides is 1. The van der Waals surface area contributed by atoms with Gasteiger partial charge in [0, 0.05) is 25.2 Å². The van der Waals surface area contributed by atoms with Gasteiger partial charge in [-0.25, -0.2) is 13.4 Å². The number of carbonyl (C=O) groups is 1. The summed E-state index contributed by atoms with van der Waals surface area (Å²) < 4.78 is 28.8. The third-order valence-electron chi connectivity index (χ3n) is 6.82. The van der Waals surface area contributed by atoms with E-state index in [1.54, 1.807) is 35.4 Å². The molecule has 0 N–H and O–H groups in total. The maximum Gasteiger partial charge on any atom is 0.243 e. The molecule has 0 unspecified atom stereocenters. The van der Waals surface area contributed by atoms with Crippen molar-refractivity contribution in [2.45, 2.75) is 45.1 Å². The molecular formula is C28H30N4O3S2. The summed E-state index contributed by atoms with van der Waals surface area (Å²) in [4.78, 5) is 25.2. The highest BCUT2D eigenvalue weighted by atomic mass is 32.2. The molecule has 0 spiro atoms. The number of aromatic nitrogens is 2. The van der Waals surface area contributed by atoms with Gasteiger partial charge in [0.2, 0.25) is 15.9 Å². The Kier molecular flexibility index (Phi) is 7.11. The number of hydrogen-bond donors (Lipinski definition) is 0. The number of thiazole rings is 1. The highest BCUT2D eigenvalue weighted by Gasteiger charge is 2.35. The molecule has 3 heterocycles. The second-order valence-electron chi connectivity index (χ2n) is 9.66. The van der Waals surface area contributed by atoms with Crippen LogP contribution in [0.25, 0.3) is 10.2 Å². The highest BCUT2D eigenvalue weighted by Crippen LogP contribution is 2.34. The van der Waals surface area contributed by atoms with Gasteiger partial charge < -0.3 is 0 Å². The number of benzene rings is 2. The van der Waals surface area contributed by atoms with Crippen molar-refractivity contribution in [3.05, 3.63) is 83.2 Å². The average molecular weight is 535 g/mol. The van der Waals surface area contributed by atoms with Crippen LogP contribution in [0.1, 0.15) is 35.2 Å². The fourth-order valence-electron chi connectivity index (χ4n) is 4.79. The average Bonchev–Trinajstić information content (AvgIpc) is 3.32. The Labute approximate surface area is 221 Å². The molecule has 1 fully saturated rings. The van der Waals surface area contributed by atoms with Gasteiger partial charge in [-0.05, 0) is 75.1 Å². The van der Waals surface area contributed by atoms with Crippen molar-refractivity contribution in [2.24, 2.45) is 5.92 Å². The minimum absolute atomic E-state index is 0.0357. The van der Waals surface area contributed by atoms with Crippen LogP contribution in [-0.2, 0) is 21.4 Å². The van der Waals surface area contributed by atoms with E-state index >= 15 is 0 Å². The van der Waals surface area contributed by atoms with Crippen LogP contribution in [0.2, 0.25) is 0 Å². The fraction of sp³-hybridized carbons (Fsp3) is 0.321. The van der Waals surface area contributed by atoms with Crippen LogP contribution >= 0.6 is 11.3 Å². The minimum Gasteiger partial charge on any atom is -0.282 e. The Balaban J connectivity index is 1.39. The summed E-state index contributed by atoms with van der Waals surface area (Å²) in [7, 11) is -3.59. The molecule has 192 valence electrons. The third-order valence-corrected chi connectivity index (χ3v) is 9.76. The van der Waals surface area contributed by atoms with Crippen LogP contribution in [0.5, 0.6) is 0 Å². The van der Waals surface area contributed by atoms with E-state index in [4.69, 9.17) is 4.98 Å². The first-order valence-corrected chi connectivity index (χ1v) is 14.6. The molecule has 2 aromatic carbocycles. The van der Waals surface area contributed by atoms with Crippen molar-refractivity contribution in [1.82, 2.24) is 14.3 Å². The van der Waals surface area contributed by atoms with Gasteiger partial charge in [0.25, 0.3) is 0 Å². The molecule has 1 amide bonds. The molecule has 1 saturated heterocycles. The topological polar surface area (TPSA) is 83.5 Å². The molecule has 0 radical (unpaired) electrons. The smallest absolute Gasteiger partial charge is 0.243 e. The summed E-state index contributed by atoms with van der Waals surface area (Å²) in [5.74, 6) is -0.325. The highest BCUT2D eigenvalue weighted by molar-refractivity contribution is 7.89. The monoisotopic (exact) mass is 534 g/mol. The summed E-state index contributed by atoms with van der Waals surface area (Å²) in [6, 6.07) is 16.8. The number of nitrogens with zero attached hydrogens (tertiary/aromatic N) is 4. The SMILES string of the molecule is Cc1ccc(S(=O)(=O)N2CCC(C(=O)N(Cc3ccccn3)c3nc4c(C)cc(C)cc4s3)CC2)cc1. The van der Waals surface area contributed by atoms with Crippen LogP contribution in [0.15, 0.2) is 65.7 Å². The molecule has 1 aliphatic rings. The second kappa shape index (κ2) is 10.3. The van der Waals surface area contributed by atoms with Gasteiger partial charge in [0.15, 0.2) is 5.13 Å². The zero-order valence-electron chi connectivity index (χ0n) is 21.2. The van der Waals surface area contributed by atoms with E-state index in [9.17, 15) is 13.2 Å². The molecule has 2 aromatic heterocycles. The van der Waals surface area contributed by atoms with Gasteiger partial charge in [-0.3, -0.25) is 14.7 Å². The summed E-state index contributed by atoms with van der Waals surface area (Å²) >= 11 is 1.51. The maximum atomic E-state index is 13.9. The molecule has 0 saturated carbocycles. The Morgan fingerprint density at radius 1 is 1.03 bits per heavy atom. The van der Waals surface area contributed by atoms with E-state index in [1.807, 2.05) is 32.0 Å². The van der Waals surface area contributed by atoms with Crippen LogP contribution in [0.4, 0.5) is 5.13 Å². The lowest BCUT2D eigenvalue weighted by atomic mass is 9.96. The molecule has 7 nitrogen and oxygen atoms in total. The van der Waals surface area contributed by atoms with Gasteiger partial charge in [0.1, 0.15) is 0 Å². The minimum atomic E-state index is -3.59. The van der Waals surface area contributed by atoms with E-state index in [2.05, 4.69) is 24.0 Å². The number of pyridine rings is 1. The summed E-state index contributed by atoms with van der Waals surface area (Å²) in [5.41, 5.74) is 4.93. The summed E-state index contributed by atoms with van der Waals surface area (Å²) in [6.45, 7) is 6.96. The third kappa shape index (κ3) is 5.30. The molecule has 0 atom stereocenters. The molecule has 9 heteroatoms. The Morgan fingerprint density at radius 3 is 2.43 bits per heavy atom. The summed E-state index contributed by atoms with van der Waals surface area (Å²) in [5, 5.41) is 0.647. The van der Waals surface area contributed by atoms with E-state index in [0.717, 1.165) is 32.6 Å². The van der Waals surface area contributed by atoms with Gasteiger partial charge in [-0.1, -0.05) is 41.2 Å². The molecule has 37 heavy (non-hydrogen) atoms. The maximum absolute atomic E-state index is 13.9. The lowest BCUT2D eigenvalue weighted by Crippen LogP contribution is -2.44. The summed E-state index contributed by atoms with van der Waals surface area (Å²) in [6.07, 6.45) is 2.65. The lowest BCUT2D eigenvalue weighted by molar-refractivity contribution is -0.123. The fourth-order valence-corrected chi connectivity index (χ4v) is 7.41. The quantitative estimate of drug-likeness (QED) is 0.337. The standard InChI is InChI=1S/C28H30N4O3S2/c1-19-7-9-24(10-8-19)37(34,35)31-14-11-22(12-15-31)27(33)32(18-23-6-4-5-13-29-23)28-30-26-21(3)16-20(2)17-25(26)36-28/h4-10,13,16-17,22H,11-12,14-15,18H2,1-3H3. The van der Waals surface area contributed by atoms with Crippen molar-refractivity contribution >= 4 is 42.6 Å². The van der Waals surface area contributed by atoms with Crippen LogP contribution in [0, 0.1) is 26.7 Å². The first-order valence-electron chi connectivity index (χ1n) is 12.4. The Bertz CT molecular complexity index is 1530. The first-order chi connectivity index (χ1) is 17.7. The van der Waals surface area contributed by atoms with E-state index in [0.29, 0.717) is 42.5 Å². The van der Waals surface area contributed by atoms with Crippen molar-refractivity contribution in [3.63, 3.8) is 0 Å². The van der Waals surface area contributed by atoms with Gasteiger partial charge in [-0.2, -0.15) is 4.31 Å². The molecular weight excluding hydrogens is 504 g/mol. The number of rotatable bonds is 6. The molecule has 4 aromatic rings. The number of anilines is 1. The Hall–Kier alpha value is -3.14. The van der Waals surface area contributed by atoms with Crippen molar-refractivity contribution in [1.29, 1.82) is 0 Å². The normalized spacial score (nSPS) is 15.2. The van der Waals surface area contributed by atoms with E-state index < -0.39 is 10.0 Å². The zero-order valence-corrected chi connectivity index (χ0v) is 22.8. The first kappa shape index (κ1) is 25.5. The van der Waals surface area contributed by atoms with Crippen molar-refractivity contribution < 1.29 is 13.2 Å². The van der Waals surface area contributed by atoms with E-state index in [1.165, 1.54) is 15.6 Å². The lowest BCUT2D eigenvalue weighted by Gasteiger charge is -2.33. The van der Waals surface area contributed by atoms with Gasteiger partial charge in [0.05, 0.1) is 27.4 Å². The number of aryl methyl sites for hydroxylation is 3. The van der Waals surface area contributed by atoms with Crippen LogP contribution in [0.3, 0.4) is 0 Å². The van der Waals surface area contributed by atoms with Crippen molar-refractivity contribution in [3.8, 4) is 0 Å². The number of hydrogen-bond acceptors (Lipinski definition) is 6. The largest absolute Gasteiger partial charge is 0.282 e. The molecule has 1 aliphatic heterocycles. The number of carbonyl (C=O) groups excluding carboxylic acids is 1. The molecule has 5 rings (SSSR count). The van der Waals surface area contributed by atoms with Crippen LogP contribution < -0.4 is 4.90 Å². The molecule has 0 bridgehead atoms.